The zero-order valence-corrected chi connectivity index (χ0v) is 5.74. The topological polar surface area (TPSA) is 168 Å². The maximum absolute atomic E-state index is 9.51. The first-order chi connectivity index (χ1) is 3.55. The number of aliphatic hydroxyl groups is 1. The Kier molecular flexibility index (Phi) is 9.47. The Balaban J connectivity index is -0.000000245. The van der Waals surface area contributed by atoms with Gasteiger partial charge in [-0.25, -0.2) is 9.59 Å². The summed E-state index contributed by atoms with van der Waals surface area (Å²) in [5.41, 5.74) is 0. The third-order valence-electron chi connectivity index (χ3n) is 0.468. The quantitative estimate of drug-likeness (QED) is 0.331. The van der Waals surface area contributed by atoms with Gasteiger partial charge in [-0.15, -0.1) is 0 Å². The Labute approximate surface area is 56.4 Å². The molecule has 0 amide bonds. The van der Waals surface area contributed by atoms with Gasteiger partial charge in [0, 0.05) is 0 Å². The minimum Gasteiger partial charge on any atom is -0.479 e. The van der Waals surface area contributed by atoms with Crippen LogP contribution in [0, 0.1) is 0 Å². The zero-order valence-electron chi connectivity index (χ0n) is 5.74. The normalized spacial score (nSPS) is 7.40. The third-order valence-corrected chi connectivity index (χ3v) is 0.468. The molecule has 0 saturated heterocycles. The molecule has 10 heavy (non-hydrogen) atoms. The standard InChI is InChI=1S/C3H4O5.2H3N/c4-1(2(5)6)3(7)8;;/h1,4H,(H,5,6)(H,7,8);2*1H3/p+2. The molecular formula is C3H12N2O5+2. The monoisotopic (exact) mass is 156 g/mol. The first kappa shape index (κ1) is 15.9. The predicted molar refractivity (Wildman–Crippen MR) is 33.2 cm³/mol. The number of carboxylic acids is 2. The van der Waals surface area contributed by atoms with E-state index in [1.807, 2.05) is 0 Å². The zero-order chi connectivity index (χ0) is 6.73. The average Bonchev–Trinajstić information content (AvgIpc) is 1.64. The highest BCUT2D eigenvalue weighted by Gasteiger charge is 2.20. The summed E-state index contributed by atoms with van der Waals surface area (Å²) in [4.78, 5) is 19.0. The van der Waals surface area contributed by atoms with Crippen molar-refractivity contribution in [2.45, 2.75) is 6.10 Å². The van der Waals surface area contributed by atoms with Crippen LogP contribution < -0.4 is 12.3 Å². The number of quaternary nitrogens is 2. The van der Waals surface area contributed by atoms with Crippen LogP contribution in [0.5, 0.6) is 0 Å². The number of carbonyl (C=O) groups is 2. The molecule has 0 aromatic rings. The summed E-state index contributed by atoms with van der Waals surface area (Å²) in [5, 5.41) is 23.4. The lowest BCUT2D eigenvalue weighted by atomic mass is 10.4. The Morgan fingerprint density at radius 1 is 1.00 bits per heavy atom. The molecule has 0 atom stereocenters. The van der Waals surface area contributed by atoms with Crippen LogP contribution in [-0.2, 0) is 9.59 Å². The van der Waals surface area contributed by atoms with Crippen molar-refractivity contribution in [2.24, 2.45) is 0 Å². The van der Waals surface area contributed by atoms with Crippen molar-refractivity contribution in [2.75, 3.05) is 0 Å². The molecule has 0 spiro atoms. The maximum Gasteiger partial charge on any atom is 0.344 e. The SMILES string of the molecule is O=C(O)C(O)C(=O)O.[NH4+].[NH4+]. The number of hydrogen-bond donors (Lipinski definition) is 5. The molecule has 0 aromatic carbocycles. The van der Waals surface area contributed by atoms with Gasteiger partial charge < -0.3 is 27.6 Å². The molecule has 62 valence electrons. The third kappa shape index (κ3) is 4.97. The minimum atomic E-state index is -2.30. The summed E-state index contributed by atoms with van der Waals surface area (Å²) in [6.07, 6.45) is -2.30. The van der Waals surface area contributed by atoms with E-state index in [-0.39, 0.29) is 12.3 Å². The van der Waals surface area contributed by atoms with Crippen molar-refractivity contribution in [3.8, 4) is 0 Å². The Bertz CT molecular complexity index is 110. The summed E-state index contributed by atoms with van der Waals surface area (Å²) in [6, 6.07) is 0. The van der Waals surface area contributed by atoms with E-state index < -0.39 is 18.0 Å². The van der Waals surface area contributed by atoms with Crippen molar-refractivity contribution in [3.05, 3.63) is 0 Å². The minimum absolute atomic E-state index is 0. The van der Waals surface area contributed by atoms with Gasteiger partial charge in [0.2, 0.25) is 6.10 Å². The van der Waals surface area contributed by atoms with E-state index in [0.29, 0.717) is 0 Å². The van der Waals surface area contributed by atoms with Gasteiger partial charge >= 0.3 is 11.9 Å². The van der Waals surface area contributed by atoms with Gasteiger partial charge in [0.1, 0.15) is 0 Å². The molecule has 7 nitrogen and oxygen atoms in total. The molecule has 0 aliphatic rings. The van der Waals surface area contributed by atoms with E-state index in [2.05, 4.69) is 0 Å². The number of aliphatic hydroxyl groups excluding tert-OH is 1. The van der Waals surface area contributed by atoms with Gasteiger partial charge in [-0.2, -0.15) is 0 Å². The number of rotatable bonds is 2. The average molecular weight is 156 g/mol. The Morgan fingerprint density at radius 2 is 1.20 bits per heavy atom. The lowest BCUT2D eigenvalue weighted by molar-refractivity contribution is -0.160. The smallest absolute Gasteiger partial charge is 0.344 e. The van der Waals surface area contributed by atoms with Crippen LogP contribution in [-0.4, -0.2) is 33.4 Å². The lowest BCUT2D eigenvalue weighted by Crippen LogP contribution is -2.28. The predicted octanol–water partition coefficient (Wildman–Crippen LogP) is -0.731. The van der Waals surface area contributed by atoms with Crippen LogP contribution in [0.1, 0.15) is 0 Å². The van der Waals surface area contributed by atoms with Crippen LogP contribution in [0.15, 0.2) is 0 Å². The van der Waals surface area contributed by atoms with E-state index in [9.17, 15) is 9.59 Å². The summed E-state index contributed by atoms with van der Waals surface area (Å²) >= 11 is 0. The molecule has 0 aliphatic carbocycles. The van der Waals surface area contributed by atoms with Gasteiger partial charge in [-0.1, -0.05) is 0 Å². The summed E-state index contributed by atoms with van der Waals surface area (Å²) in [7, 11) is 0. The van der Waals surface area contributed by atoms with Crippen molar-refractivity contribution in [3.63, 3.8) is 0 Å². The molecule has 0 bridgehead atoms. The molecule has 7 heteroatoms. The largest absolute Gasteiger partial charge is 0.479 e. The second kappa shape index (κ2) is 5.95. The fraction of sp³-hybridized carbons (Fsp3) is 0.333. The number of carboxylic acid groups (broad SMARTS) is 2. The van der Waals surface area contributed by atoms with Gasteiger partial charge in [0.25, 0.3) is 0 Å². The number of aliphatic carboxylic acids is 2. The van der Waals surface area contributed by atoms with Crippen molar-refractivity contribution < 1.29 is 24.9 Å². The molecule has 0 aromatic heterocycles. The van der Waals surface area contributed by atoms with Crippen LogP contribution in [0.3, 0.4) is 0 Å². The second-order valence-corrected chi connectivity index (χ2v) is 1.08. The molecule has 0 aliphatic heterocycles. The van der Waals surface area contributed by atoms with Gasteiger partial charge in [-0.3, -0.25) is 0 Å². The van der Waals surface area contributed by atoms with E-state index in [4.69, 9.17) is 15.3 Å². The highest BCUT2D eigenvalue weighted by atomic mass is 16.4. The van der Waals surface area contributed by atoms with Gasteiger partial charge in [0.15, 0.2) is 0 Å². The van der Waals surface area contributed by atoms with Crippen molar-refractivity contribution in [1.29, 1.82) is 0 Å². The van der Waals surface area contributed by atoms with E-state index >= 15 is 0 Å². The first-order valence-corrected chi connectivity index (χ1v) is 1.69. The molecule has 11 N–H and O–H groups in total. The van der Waals surface area contributed by atoms with E-state index in [0.717, 1.165) is 0 Å². The fourth-order valence-electron chi connectivity index (χ4n) is 0.106. The summed E-state index contributed by atoms with van der Waals surface area (Å²) in [6.45, 7) is 0. The van der Waals surface area contributed by atoms with Crippen LogP contribution >= 0.6 is 0 Å². The molecule has 0 rings (SSSR count). The molecule has 0 heterocycles. The van der Waals surface area contributed by atoms with Gasteiger partial charge in [-0.05, 0) is 0 Å². The summed E-state index contributed by atoms with van der Waals surface area (Å²) in [5.74, 6) is -3.50. The number of hydrogen-bond acceptors (Lipinski definition) is 3. The lowest BCUT2D eigenvalue weighted by Gasteiger charge is -1.93. The van der Waals surface area contributed by atoms with Gasteiger partial charge in [0.05, 0.1) is 0 Å². The maximum atomic E-state index is 9.51. The first-order valence-electron chi connectivity index (χ1n) is 1.69. The molecule has 0 unspecified atom stereocenters. The van der Waals surface area contributed by atoms with Crippen LogP contribution in [0.25, 0.3) is 0 Å². The van der Waals surface area contributed by atoms with E-state index in [1.54, 1.807) is 0 Å². The highest BCUT2D eigenvalue weighted by molar-refractivity contribution is 5.95. The molecule has 0 radical (unpaired) electrons. The van der Waals surface area contributed by atoms with Crippen LogP contribution in [0.2, 0.25) is 0 Å². The Morgan fingerprint density at radius 3 is 1.20 bits per heavy atom. The molecule has 0 fully saturated rings. The second-order valence-electron chi connectivity index (χ2n) is 1.08. The van der Waals surface area contributed by atoms with E-state index in [1.165, 1.54) is 0 Å². The van der Waals surface area contributed by atoms with Crippen LogP contribution in [0.4, 0.5) is 0 Å². The highest BCUT2D eigenvalue weighted by Crippen LogP contribution is 1.79. The molecule has 0 saturated carbocycles. The Hall–Kier alpha value is -1.18. The fourth-order valence-corrected chi connectivity index (χ4v) is 0.106. The van der Waals surface area contributed by atoms with Crippen molar-refractivity contribution >= 4 is 11.9 Å². The molecular weight excluding hydrogens is 144 g/mol. The summed E-state index contributed by atoms with van der Waals surface area (Å²) < 4.78 is 0. The van der Waals surface area contributed by atoms with Crippen molar-refractivity contribution in [1.82, 2.24) is 12.3 Å².